The summed E-state index contributed by atoms with van der Waals surface area (Å²) in [4.78, 5) is 18.9. The molecule has 18 heavy (non-hydrogen) atoms. The molecule has 0 aliphatic carbocycles. The average molecular weight is 265 g/mol. The molecule has 1 unspecified atom stereocenters. The molecule has 0 amide bonds. The highest BCUT2D eigenvalue weighted by Crippen LogP contribution is 2.10. The Morgan fingerprint density at radius 1 is 1.56 bits per heavy atom. The summed E-state index contributed by atoms with van der Waals surface area (Å²) in [5.74, 6) is 4.89. The van der Waals surface area contributed by atoms with Gasteiger partial charge in [-0.15, -0.1) is 18.2 Å². The topological polar surface area (TPSA) is 57.8 Å². The Balaban J connectivity index is 2.60. The molecule has 0 spiro atoms. The van der Waals surface area contributed by atoms with E-state index in [1.165, 1.54) is 0 Å². The van der Waals surface area contributed by atoms with Gasteiger partial charge in [0.1, 0.15) is 5.82 Å². The van der Waals surface area contributed by atoms with Crippen LogP contribution in [0.3, 0.4) is 0 Å². The number of H-pyrrole nitrogens is 1. The van der Waals surface area contributed by atoms with Gasteiger partial charge >= 0.3 is 0 Å². The number of hydrogen-bond acceptors (Lipinski definition) is 4. The van der Waals surface area contributed by atoms with E-state index in [0.717, 1.165) is 23.7 Å². The number of hydrogen-bond donors (Lipinski definition) is 2. The fourth-order valence-corrected chi connectivity index (χ4v) is 2.35. The van der Waals surface area contributed by atoms with Gasteiger partial charge in [-0.3, -0.25) is 4.79 Å². The monoisotopic (exact) mass is 265 g/mol. The molecule has 0 saturated heterocycles. The molecule has 0 aliphatic rings. The lowest BCUT2D eigenvalue weighted by molar-refractivity contribution is 0.587. The highest BCUT2D eigenvalue weighted by atomic mass is 32.2. The van der Waals surface area contributed by atoms with Crippen molar-refractivity contribution in [1.29, 1.82) is 0 Å². The van der Waals surface area contributed by atoms with Crippen molar-refractivity contribution in [2.45, 2.75) is 26.8 Å². The predicted molar refractivity (Wildman–Crippen MR) is 76.9 cm³/mol. The molecule has 2 N–H and O–H groups in total. The lowest BCUT2D eigenvalue weighted by Crippen LogP contribution is -2.29. The van der Waals surface area contributed by atoms with Gasteiger partial charge in [0, 0.05) is 24.0 Å². The molecule has 0 bridgehead atoms. The summed E-state index contributed by atoms with van der Waals surface area (Å²) in [5.41, 5.74) is 1.44. The van der Waals surface area contributed by atoms with E-state index >= 15 is 0 Å². The summed E-state index contributed by atoms with van der Waals surface area (Å²) < 4.78 is 0. The Kier molecular flexibility index (Phi) is 5.96. The van der Waals surface area contributed by atoms with E-state index in [1.807, 2.05) is 13.8 Å². The molecule has 5 heteroatoms. The van der Waals surface area contributed by atoms with Gasteiger partial charge in [0.2, 0.25) is 0 Å². The van der Waals surface area contributed by atoms with Crippen LogP contribution in [0.5, 0.6) is 0 Å². The van der Waals surface area contributed by atoms with E-state index in [2.05, 4.69) is 21.2 Å². The maximum atomic E-state index is 11.9. The van der Waals surface area contributed by atoms with Crippen LogP contribution in [0.2, 0.25) is 0 Å². The first-order chi connectivity index (χ1) is 8.56. The average Bonchev–Trinajstić information content (AvgIpc) is 2.27. The second kappa shape index (κ2) is 7.24. The Morgan fingerprint density at radius 2 is 2.28 bits per heavy atom. The predicted octanol–water partition coefficient (Wildman–Crippen LogP) is 1.40. The minimum Gasteiger partial charge on any atom is -0.310 e. The summed E-state index contributed by atoms with van der Waals surface area (Å²) in [5, 5.41) is 3.31. The zero-order valence-corrected chi connectivity index (χ0v) is 11.9. The van der Waals surface area contributed by atoms with Crippen molar-refractivity contribution in [3.05, 3.63) is 27.4 Å². The van der Waals surface area contributed by atoms with Gasteiger partial charge in [-0.25, -0.2) is 4.98 Å². The van der Waals surface area contributed by atoms with Crippen LogP contribution in [0.1, 0.15) is 30.0 Å². The maximum Gasteiger partial charge on any atom is 0.255 e. The van der Waals surface area contributed by atoms with Crippen LogP contribution in [-0.4, -0.2) is 28.0 Å². The van der Waals surface area contributed by atoms with Crippen LogP contribution >= 0.6 is 11.8 Å². The SMILES string of the molecule is C#CCSCCNC(C)c1c(C)nc(C)[nH]c1=O. The van der Waals surface area contributed by atoms with E-state index in [0.29, 0.717) is 11.4 Å². The quantitative estimate of drug-likeness (QED) is 0.603. The second-order valence-corrected chi connectivity index (χ2v) is 5.19. The molecule has 1 rings (SSSR count). The number of thioether (sulfide) groups is 1. The zero-order chi connectivity index (χ0) is 13.5. The van der Waals surface area contributed by atoms with Crippen LogP contribution in [0, 0.1) is 26.2 Å². The number of terminal acetylenes is 1. The highest BCUT2D eigenvalue weighted by Gasteiger charge is 2.13. The van der Waals surface area contributed by atoms with Gasteiger partial charge in [0.25, 0.3) is 5.56 Å². The third-order valence-corrected chi connectivity index (χ3v) is 3.44. The van der Waals surface area contributed by atoms with Crippen molar-refractivity contribution in [2.24, 2.45) is 0 Å². The van der Waals surface area contributed by atoms with E-state index in [-0.39, 0.29) is 11.6 Å². The van der Waals surface area contributed by atoms with E-state index in [4.69, 9.17) is 6.42 Å². The lowest BCUT2D eigenvalue weighted by Gasteiger charge is -2.15. The van der Waals surface area contributed by atoms with Crippen molar-refractivity contribution < 1.29 is 0 Å². The summed E-state index contributed by atoms with van der Waals surface area (Å²) in [6.07, 6.45) is 5.17. The number of nitrogens with one attached hydrogen (secondary N) is 2. The summed E-state index contributed by atoms with van der Waals surface area (Å²) >= 11 is 1.70. The molecule has 98 valence electrons. The molecule has 4 nitrogen and oxygen atoms in total. The third-order valence-electron chi connectivity index (χ3n) is 2.58. The number of aryl methyl sites for hydroxylation is 2. The first-order valence-corrected chi connectivity index (χ1v) is 7.03. The van der Waals surface area contributed by atoms with Crippen LogP contribution in [0.4, 0.5) is 0 Å². The van der Waals surface area contributed by atoms with Crippen molar-refractivity contribution in [3.8, 4) is 12.3 Å². The van der Waals surface area contributed by atoms with Crippen molar-refractivity contribution in [2.75, 3.05) is 18.1 Å². The van der Waals surface area contributed by atoms with Gasteiger partial charge in [-0.2, -0.15) is 0 Å². The number of rotatable bonds is 6. The molecule has 0 fully saturated rings. The minimum absolute atomic E-state index is 0.00622. The van der Waals surface area contributed by atoms with Gasteiger partial charge in [0.15, 0.2) is 0 Å². The van der Waals surface area contributed by atoms with Gasteiger partial charge < -0.3 is 10.3 Å². The Bertz CT molecular complexity index is 490. The zero-order valence-electron chi connectivity index (χ0n) is 11.0. The van der Waals surface area contributed by atoms with Crippen molar-refractivity contribution >= 4 is 11.8 Å². The van der Waals surface area contributed by atoms with Crippen LogP contribution in [-0.2, 0) is 0 Å². The molecular weight excluding hydrogens is 246 g/mol. The van der Waals surface area contributed by atoms with E-state index in [1.54, 1.807) is 18.7 Å². The summed E-state index contributed by atoms with van der Waals surface area (Å²) in [6.45, 7) is 6.44. The molecule has 1 aromatic rings. The van der Waals surface area contributed by atoms with Crippen LogP contribution < -0.4 is 10.9 Å². The van der Waals surface area contributed by atoms with Gasteiger partial charge in [-0.05, 0) is 20.8 Å². The fraction of sp³-hybridized carbons (Fsp3) is 0.538. The van der Waals surface area contributed by atoms with Gasteiger partial charge in [-0.1, -0.05) is 5.92 Å². The maximum absolute atomic E-state index is 11.9. The Hall–Kier alpha value is -1.25. The van der Waals surface area contributed by atoms with Gasteiger partial charge in [0.05, 0.1) is 11.3 Å². The van der Waals surface area contributed by atoms with Crippen LogP contribution in [0.15, 0.2) is 4.79 Å². The standard InChI is InChI=1S/C13H19N3OS/c1-5-7-18-8-6-14-9(2)12-10(3)15-11(4)16-13(12)17/h1,9,14H,6-8H2,2-4H3,(H,15,16,17). The lowest BCUT2D eigenvalue weighted by atomic mass is 10.1. The van der Waals surface area contributed by atoms with Crippen molar-refractivity contribution in [1.82, 2.24) is 15.3 Å². The third kappa shape index (κ3) is 4.21. The van der Waals surface area contributed by atoms with E-state index < -0.39 is 0 Å². The minimum atomic E-state index is -0.0590. The largest absolute Gasteiger partial charge is 0.310 e. The molecule has 0 saturated carbocycles. The number of aromatic amines is 1. The normalized spacial score (nSPS) is 12.1. The first kappa shape index (κ1) is 14.8. The molecule has 0 aromatic carbocycles. The number of nitrogens with zero attached hydrogens (tertiary/aromatic N) is 1. The number of aromatic nitrogens is 2. The van der Waals surface area contributed by atoms with E-state index in [9.17, 15) is 4.79 Å². The summed E-state index contributed by atoms with van der Waals surface area (Å²) in [7, 11) is 0. The fourth-order valence-electron chi connectivity index (χ4n) is 1.83. The first-order valence-electron chi connectivity index (χ1n) is 5.88. The Labute approximate surface area is 112 Å². The molecule has 1 aromatic heterocycles. The smallest absolute Gasteiger partial charge is 0.255 e. The van der Waals surface area contributed by atoms with Crippen molar-refractivity contribution in [3.63, 3.8) is 0 Å². The second-order valence-electron chi connectivity index (χ2n) is 4.08. The molecular formula is C13H19N3OS. The summed E-state index contributed by atoms with van der Waals surface area (Å²) in [6, 6.07) is -0.00622. The molecule has 1 atom stereocenters. The highest BCUT2D eigenvalue weighted by molar-refractivity contribution is 7.99. The molecule has 1 heterocycles. The Morgan fingerprint density at radius 3 is 2.89 bits per heavy atom. The molecule has 0 aliphatic heterocycles. The van der Waals surface area contributed by atoms with Crippen LogP contribution in [0.25, 0.3) is 0 Å². The molecule has 0 radical (unpaired) electrons.